The maximum Gasteiger partial charge on any atom is 1.00 e. The van der Waals surface area contributed by atoms with E-state index in [1.807, 2.05) is 30.3 Å². The van der Waals surface area contributed by atoms with E-state index < -0.39 is 7.27 Å². The van der Waals surface area contributed by atoms with Crippen LogP contribution in [0.2, 0.25) is 0 Å². The normalized spacial score (nSPS) is 9.00. The van der Waals surface area contributed by atoms with Gasteiger partial charge in [-0.15, -0.1) is 0 Å². The molecule has 0 unspecified atom stereocenters. The molecule has 0 N–H and O–H groups in total. The largest absolute Gasteiger partial charge is 1.00 e. The van der Waals surface area contributed by atoms with Gasteiger partial charge in [0.1, 0.15) is 0 Å². The fourth-order valence-electron chi connectivity index (χ4n) is 1.61. The van der Waals surface area contributed by atoms with Crippen LogP contribution in [0.3, 0.4) is 0 Å². The molecule has 0 atom stereocenters. The molecule has 0 heterocycles. The van der Waals surface area contributed by atoms with Crippen molar-refractivity contribution in [3.63, 3.8) is 0 Å². The summed E-state index contributed by atoms with van der Waals surface area (Å²) in [4.78, 5) is 0. The summed E-state index contributed by atoms with van der Waals surface area (Å²) in [6.07, 6.45) is 0.782. The zero-order valence-electron chi connectivity index (χ0n) is 10.1. The van der Waals surface area contributed by atoms with E-state index in [1.54, 1.807) is 12.1 Å². The Hall–Kier alpha value is -0.0687. The third-order valence-electron chi connectivity index (χ3n) is 2.48. The van der Waals surface area contributed by atoms with Gasteiger partial charge in [-0.2, -0.15) is 0 Å². The summed E-state index contributed by atoms with van der Waals surface area (Å²) in [5.41, 5.74) is 2.32. The van der Waals surface area contributed by atoms with E-state index in [1.165, 1.54) is 17.7 Å². The molecule has 0 amide bonds. The van der Waals surface area contributed by atoms with Crippen LogP contribution in [0.15, 0.2) is 54.6 Å². The summed E-state index contributed by atoms with van der Waals surface area (Å²) in [5.74, 6) is 0. The topological polar surface area (TPSA) is 0 Å². The molecule has 0 radical (unpaired) electrons. The van der Waals surface area contributed by atoms with Crippen molar-refractivity contribution in [2.45, 2.75) is 6.42 Å². The van der Waals surface area contributed by atoms with E-state index in [2.05, 4.69) is 0 Å². The first-order chi connectivity index (χ1) is 7.75. The maximum atomic E-state index is 12.3. The molecule has 2 aromatic carbocycles. The molecule has 0 aliphatic heterocycles. The van der Waals surface area contributed by atoms with Gasteiger partial charge in [0.25, 0.3) is 0 Å². The van der Waals surface area contributed by atoms with Crippen LogP contribution in [0, 0.1) is 0 Å². The molecule has 2 aromatic rings. The summed E-state index contributed by atoms with van der Waals surface area (Å²) < 4.78 is 24.7. The van der Waals surface area contributed by atoms with Gasteiger partial charge in [0, 0.05) is 0 Å². The summed E-state index contributed by atoms with van der Waals surface area (Å²) in [5, 5.41) is 0. The summed E-state index contributed by atoms with van der Waals surface area (Å²) in [6.45, 7) is 0. The van der Waals surface area contributed by atoms with Crippen molar-refractivity contribution in [2.75, 3.05) is 0 Å². The Balaban J connectivity index is 0.00000144. The van der Waals surface area contributed by atoms with Crippen LogP contribution >= 0.6 is 0 Å². The smallest absolute Gasteiger partial charge is 1.00 e. The fourth-order valence-corrected chi connectivity index (χ4v) is 1.61. The molecule has 0 spiro atoms. The molecule has 0 saturated heterocycles. The predicted octanol–water partition coefficient (Wildman–Crippen LogP) is -3.08. The van der Waals surface area contributed by atoms with Crippen LogP contribution in [0.25, 0.3) is 0 Å². The Kier molecular flexibility index (Phi) is 8.90. The van der Waals surface area contributed by atoms with Gasteiger partial charge in [-0.25, -0.2) is 0 Å². The van der Waals surface area contributed by atoms with Crippen LogP contribution < -0.4 is 61.6 Å². The molecule has 18 heavy (non-hydrogen) atoms. The molecule has 0 fully saturated rings. The number of rotatable bonds is 3. The van der Waals surface area contributed by atoms with Crippen molar-refractivity contribution in [1.82, 2.24) is 0 Å². The quantitative estimate of drug-likeness (QED) is 0.521. The second kappa shape index (κ2) is 8.93. The predicted molar refractivity (Wildman–Crippen MR) is 63.3 cm³/mol. The van der Waals surface area contributed by atoms with E-state index in [4.69, 9.17) is 0 Å². The van der Waals surface area contributed by atoms with E-state index in [0.717, 1.165) is 12.0 Å². The Labute approximate surface area is 148 Å². The average Bonchev–Trinajstić information content (AvgIpc) is 2.31. The number of hydrogen-bond acceptors (Lipinski definition) is 0. The van der Waals surface area contributed by atoms with Gasteiger partial charge < -0.3 is 4.70 Å². The second-order valence-electron chi connectivity index (χ2n) is 3.70. The first kappa shape index (κ1) is 17.9. The van der Waals surface area contributed by atoms with Crippen LogP contribution in [-0.4, -0.2) is 7.27 Å². The zero-order valence-corrected chi connectivity index (χ0v) is 13.2. The minimum absolute atomic E-state index is 0. The van der Waals surface area contributed by atoms with E-state index in [9.17, 15) is 8.63 Å². The molecule has 0 saturated carbocycles. The third-order valence-corrected chi connectivity index (χ3v) is 2.48. The molecule has 0 nitrogen and oxygen atoms in total. The van der Waals surface area contributed by atoms with Crippen molar-refractivity contribution >= 4 is 12.7 Å². The maximum absolute atomic E-state index is 12.3. The standard InChI is InChI=1S/C13H11BF2.FH.K/c15-14(16)13-8-6-12(7-9-13)10-11-4-2-1-3-5-11;;/h1-9H,10H2;1H;/q;;+1/p-1. The Bertz CT molecular complexity index is 446. The van der Waals surface area contributed by atoms with Crippen LogP contribution in [0.5, 0.6) is 0 Å². The van der Waals surface area contributed by atoms with Crippen LogP contribution in [0.1, 0.15) is 11.1 Å². The monoisotopic (exact) mass is 274 g/mol. The molecule has 88 valence electrons. The first-order valence-corrected chi connectivity index (χ1v) is 5.16. The number of hydrogen-bond donors (Lipinski definition) is 0. The molecular formula is C13H11BF3K. The molecule has 5 heteroatoms. The second-order valence-corrected chi connectivity index (χ2v) is 3.70. The van der Waals surface area contributed by atoms with Crippen molar-refractivity contribution in [3.05, 3.63) is 65.7 Å². The minimum atomic E-state index is -2.38. The SMILES string of the molecule is FB(F)c1ccc(Cc2ccccc2)cc1.[F-].[K+]. The average molecular weight is 274 g/mol. The Morgan fingerprint density at radius 3 is 1.78 bits per heavy atom. The molecule has 0 bridgehead atoms. The fraction of sp³-hybridized carbons (Fsp3) is 0.0769. The van der Waals surface area contributed by atoms with Gasteiger partial charge in [0.05, 0.1) is 0 Å². The Morgan fingerprint density at radius 1 is 0.778 bits per heavy atom. The third kappa shape index (κ3) is 5.28. The minimum Gasteiger partial charge on any atom is -1.00 e. The van der Waals surface area contributed by atoms with Crippen LogP contribution in [0.4, 0.5) is 8.63 Å². The van der Waals surface area contributed by atoms with Crippen molar-refractivity contribution in [1.29, 1.82) is 0 Å². The van der Waals surface area contributed by atoms with Gasteiger partial charge in [-0.1, -0.05) is 54.6 Å². The molecule has 0 aromatic heterocycles. The van der Waals surface area contributed by atoms with Gasteiger partial charge in [0.15, 0.2) is 0 Å². The van der Waals surface area contributed by atoms with Gasteiger partial charge >= 0.3 is 58.7 Å². The molecule has 0 aliphatic carbocycles. The van der Waals surface area contributed by atoms with Crippen molar-refractivity contribution in [2.24, 2.45) is 0 Å². The molecule has 0 aliphatic rings. The van der Waals surface area contributed by atoms with Gasteiger partial charge in [-0.05, 0) is 23.0 Å². The van der Waals surface area contributed by atoms with Gasteiger partial charge in [-0.3, -0.25) is 8.63 Å². The van der Waals surface area contributed by atoms with Crippen LogP contribution in [-0.2, 0) is 6.42 Å². The van der Waals surface area contributed by atoms with Gasteiger partial charge in [0.2, 0.25) is 0 Å². The van der Waals surface area contributed by atoms with E-state index >= 15 is 0 Å². The number of benzene rings is 2. The van der Waals surface area contributed by atoms with E-state index in [-0.39, 0.29) is 61.6 Å². The first-order valence-electron chi connectivity index (χ1n) is 5.16. The Morgan fingerprint density at radius 2 is 1.28 bits per heavy atom. The number of halogens is 3. The van der Waals surface area contributed by atoms with Crippen molar-refractivity contribution in [3.8, 4) is 0 Å². The summed E-state index contributed by atoms with van der Waals surface area (Å²) in [7, 11) is -2.38. The van der Waals surface area contributed by atoms with Crippen molar-refractivity contribution < 1.29 is 64.7 Å². The summed E-state index contributed by atoms with van der Waals surface area (Å²) in [6, 6.07) is 16.5. The molecular weight excluding hydrogens is 263 g/mol. The zero-order chi connectivity index (χ0) is 11.4. The summed E-state index contributed by atoms with van der Waals surface area (Å²) >= 11 is 0. The molecule has 2 rings (SSSR count). The van der Waals surface area contributed by atoms with E-state index in [0.29, 0.717) is 0 Å².